The highest BCUT2D eigenvalue weighted by Crippen LogP contribution is 2.47. The molecule has 1 unspecified atom stereocenters. The van der Waals surface area contributed by atoms with Crippen molar-refractivity contribution in [2.75, 3.05) is 0 Å². The fourth-order valence-electron chi connectivity index (χ4n) is 1.89. The third-order valence-electron chi connectivity index (χ3n) is 2.69. The largest absolute Gasteiger partial charge is 0.421 e. The molecule has 76 valence electrons. The number of halogens is 3. The molecule has 0 fully saturated rings. The average Bonchev–Trinajstić information content (AvgIpc) is 2.45. The standard InChI is InChI=1S/C10H9F3O/c11-10(12,13)9(14)6-5-7-3-1-2-4-8(7)9/h1-4,14H,5-6H2. The van der Waals surface area contributed by atoms with Crippen molar-refractivity contribution in [1.82, 2.24) is 0 Å². The molecule has 0 aromatic heterocycles. The maximum Gasteiger partial charge on any atom is 0.421 e. The Morgan fingerprint density at radius 3 is 2.50 bits per heavy atom. The molecule has 1 aliphatic carbocycles. The SMILES string of the molecule is OC1(C(F)(F)F)CCc2ccccc21. The topological polar surface area (TPSA) is 20.2 Å². The summed E-state index contributed by atoms with van der Waals surface area (Å²) < 4.78 is 37.7. The molecule has 0 saturated carbocycles. The van der Waals surface area contributed by atoms with Gasteiger partial charge in [-0.15, -0.1) is 0 Å². The fourth-order valence-corrected chi connectivity index (χ4v) is 1.89. The summed E-state index contributed by atoms with van der Waals surface area (Å²) in [5.74, 6) is 0. The highest BCUT2D eigenvalue weighted by Gasteiger charge is 2.57. The van der Waals surface area contributed by atoms with E-state index in [4.69, 9.17) is 0 Å². The molecule has 1 N–H and O–H groups in total. The molecule has 14 heavy (non-hydrogen) atoms. The second-order valence-corrected chi connectivity index (χ2v) is 3.52. The van der Waals surface area contributed by atoms with E-state index in [1.54, 1.807) is 12.1 Å². The number of rotatable bonds is 0. The van der Waals surface area contributed by atoms with E-state index in [0.29, 0.717) is 5.56 Å². The lowest BCUT2D eigenvalue weighted by atomic mass is 9.95. The van der Waals surface area contributed by atoms with E-state index in [-0.39, 0.29) is 18.4 Å². The third kappa shape index (κ3) is 1.14. The van der Waals surface area contributed by atoms with E-state index < -0.39 is 11.8 Å². The predicted molar refractivity (Wildman–Crippen MR) is 44.7 cm³/mol. The Balaban J connectivity index is 2.53. The Bertz CT molecular complexity index is 359. The average molecular weight is 202 g/mol. The summed E-state index contributed by atoms with van der Waals surface area (Å²) in [6, 6.07) is 6.16. The first-order valence-electron chi connectivity index (χ1n) is 4.33. The van der Waals surface area contributed by atoms with Crippen LogP contribution < -0.4 is 0 Å². The van der Waals surface area contributed by atoms with Crippen LogP contribution in [0.3, 0.4) is 0 Å². The van der Waals surface area contributed by atoms with Crippen LogP contribution in [0.2, 0.25) is 0 Å². The van der Waals surface area contributed by atoms with Gasteiger partial charge in [-0.3, -0.25) is 0 Å². The molecule has 0 radical (unpaired) electrons. The normalized spacial score (nSPS) is 26.3. The van der Waals surface area contributed by atoms with E-state index in [0.717, 1.165) is 0 Å². The summed E-state index contributed by atoms with van der Waals surface area (Å²) in [4.78, 5) is 0. The molecule has 1 aromatic carbocycles. The van der Waals surface area contributed by atoms with Gasteiger partial charge in [0, 0.05) is 0 Å². The smallest absolute Gasteiger partial charge is 0.376 e. The molecule has 2 rings (SSSR count). The lowest BCUT2D eigenvalue weighted by Gasteiger charge is -2.26. The molecule has 1 nitrogen and oxygen atoms in total. The van der Waals surface area contributed by atoms with Crippen LogP contribution in [0, 0.1) is 0 Å². The fraction of sp³-hybridized carbons (Fsp3) is 0.400. The van der Waals surface area contributed by atoms with Crippen LogP contribution in [-0.2, 0) is 12.0 Å². The van der Waals surface area contributed by atoms with Crippen molar-refractivity contribution in [2.24, 2.45) is 0 Å². The van der Waals surface area contributed by atoms with Crippen molar-refractivity contribution in [3.8, 4) is 0 Å². The minimum absolute atomic E-state index is 0.00694. The molecule has 0 spiro atoms. The summed E-state index contributed by atoms with van der Waals surface area (Å²) in [5.41, 5.74) is -2.04. The molecule has 0 amide bonds. The predicted octanol–water partition coefficient (Wildman–Crippen LogP) is 2.38. The zero-order chi connectivity index (χ0) is 10.4. The minimum Gasteiger partial charge on any atom is -0.376 e. The van der Waals surface area contributed by atoms with Crippen LogP contribution in [0.5, 0.6) is 0 Å². The zero-order valence-corrected chi connectivity index (χ0v) is 7.30. The lowest BCUT2D eigenvalue weighted by molar-refractivity contribution is -0.265. The number of hydrogen-bond acceptors (Lipinski definition) is 1. The van der Waals surface area contributed by atoms with Gasteiger partial charge in [-0.2, -0.15) is 13.2 Å². The second-order valence-electron chi connectivity index (χ2n) is 3.52. The molecular formula is C10H9F3O. The van der Waals surface area contributed by atoms with E-state index in [1.807, 2.05) is 0 Å². The molecule has 1 atom stereocenters. The first-order valence-corrected chi connectivity index (χ1v) is 4.33. The Kier molecular flexibility index (Phi) is 1.86. The summed E-state index contributed by atoms with van der Waals surface area (Å²) in [5, 5.41) is 9.55. The Morgan fingerprint density at radius 2 is 1.86 bits per heavy atom. The molecule has 0 heterocycles. The number of aliphatic hydroxyl groups is 1. The zero-order valence-electron chi connectivity index (χ0n) is 7.30. The van der Waals surface area contributed by atoms with Gasteiger partial charge in [-0.1, -0.05) is 24.3 Å². The van der Waals surface area contributed by atoms with E-state index >= 15 is 0 Å². The van der Waals surface area contributed by atoms with Gasteiger partial charge in [0.2, 0.25) is 0 Å². The molecule has 1 aromatic rings. The summed E-state index contributed by atoms with van der Waals surface area (Å²) in [6.45, 7) is 0. The Hall–Kier alpha value is -1.03. The highest BCUT2D eigenvalue weighted by atomic mass is 19.4. The van der Waals surface area contributed by atoms with Crippen LogP contribution >= 0.6 is 0 Å². The maximum absolute atomic E-state index is 12.6. The van der Waals surface area contributed by atoms with Crippen molar-refractivity contribution in [1.29, 1.82) is 0 Å². The van der Waals surface area contributed by atoms with Gasteiger partial charge >= 0.3 is 6.18 Å². The van der Waals surface area contributed by atoms with Crippen LogP contribution in [0.4, 0.5) is 13.2 Å². The molecule has 4 heteroatoms. The highest BCUT2D eigenvalue weighted by molar-refractivity contribution is 5.38. The number of fused-ring (bicyclic) bond motifs is 1. The summed E-state index contributed by atoms with van der Waals surface area (Å²) in [7, 11) is 0. The Labute approximate surface area is 79.2 Å². The number of aryl methyl sites for hydroxylation is 1. The molecule has 0 aliphatic heterocycles. The van der Waals surface area contributed by atoms with Crippen LogP contribution in [0.25, 0.3) is 0 Å². The molecule has 0 saturated heterocycles. The quantitative estimate of drug-likeness (QED) is 0.684. The molecule has 1 aliphatic rings. The van der Waals surface area contributed by atoms with Gasteiger partial charge in [0.1, 0.15) is 0 Å². The van der Waals surface area contributed by atoms with E-state index in [9.17, 15) is 18.3 Å². The third-order valence-corrected chi connectivity index (χ3v) is 2.69. The van der Waals surface area contributed by atoms with Gasteiger partial charge in [-0.25, -0.2) is 0 Å². The van der Waals surface area contributed by atoms with Crippen molar-refractivity contribution in [3.05, 3.63) is 35.4 Å². The van der Waals surface area contributed by atoms with Crippen LogP contribution in [-0.4, -0.2) is 11.3 Å². The molecular weight excluding hydrogens is 193 g/mol. The second kappa shape index (κ2) is 2.73. The van der Waals surface area contributed by atoms with E-state index in [1.165, 1.54) is 12.1 Å². The van der Waals surface area contributed by atoms with Gasteiger partial charge in [0.25, 0.3) is 0 Å². The van der Waals surface area contributed by atoms with Crippen molar-refractivity contribution >= 4 is 0 Å². The first-order chi connectivity index (χ1) is 6.45. The number of hydrogen-bond donors (Lipinski definition) is 1. The van der Waals surface area contributed by atoms with Crippen molar-refractivity contribution in [3.63, 3.8) is 0 Å². The Morgan fingerprint density at radius 1 is 1.21 bits per heavy atom. The van der Waals surface area contributed by atoms with Crippen LogP contribution in [0.15, 0.2) is 24.3 Å². The van der Waals surface area contributed by atoms with Crippen LogP contribution in [0.1, 0.15) is 17.5 Å². The van der Waals surface area contributed by atoms with Gasteiger partial charge < -0.3 is 5.11 Å². The summed E-state index contributed by atoms with van der Waals surface area (Å²) >= 11 is 0. The number of alkyl halides is 3. The van der Waals surface area contributed by atoms with Gasteiger partial charge in [0.15, 0.2) is 5.60 Å². The minimum atomic E-state index is -4.58. The van der Waals surface area contributed by atoms with Gasteiger partial charge in [-0.05, 0) is 24.0 Å². The summed E-state index contributed by atoms with van der Waals surface area (Å²) in [6.07, 6.45) is -4.57. The molecule has 0 bridgehead atoms. The lowest BCUT2D eigenvalue weighted by Crippen LogP contribution is -2.40. The van der Waals surface area contributed by atoms with Crippen molar-refractivity contribution in [2.45, 2.75) is 24.6 Å². The van der Waals surface area contributed by atoms with Crippen molar-refractivity contribution < 1.29 is 18.3 Å². The monoisotopic (exact) mass is 202 g/mol. The first kappa shape index (κ1) is 9.52. The number of benzene rings is 1. The van der Waals surface area contributed by atoms with E-state index in [2.05, 4.69) is 0 Å². The van der Waals surface area contributed by atoms with Gasteiger partial charge in [0.05, 0.1) is 0 Å². The maximum atomic E-state index is 12.6.